The van der Waals surface area contributed by atoms with Gasteiger partial charge in [-0.15, -0.1) is 0 Å². The van der Waals surface area contributed by atoms with Crippen LogP contribution in [0.15, 0.2) is 0 Å². The summed E-state index contributed by atoms with van der Waals surface area (Å²) in [6.07, 6.45) is -1.53. The molecule has 0 heterocycles. The highest BCUT2D eigenvalue weighted by Gasteiger charge is 2.45. The SMILES string of the molecule is CC(C)N(CCNC1CCCCC1C(F)(F)F)C(C)C. The van der Waals surface area contributed by atoms with Gasteiger partial charge in [-0.2, -0.15) is 13.2 Å². The van der Waals surface area contributed by atoms with E-state index in [1.54, 1.807) is 0 Å². The van der Waals surface area contributed by atoms with Crippen LogP contribution >= 0.6 is 0 Å². The lowest BCUT2D eigenvalue weighted by molar-refractivity contribution is -0.188. The molecule has 2 atom stereocenters. The highest BCUT2D eigenvalue weighted by atomic mass is 19.4. The first kappa shape index (κ1) is 17.8. The van der Waals surface area contributed by atoms with E-state index in [2.05, 4.69) is 37.9 Å². The van der Waals surface area contributed by atoms with Gasteiger partial charge < -0.3 is 5.32 Å². The van der Waals surface area contributed by atoms with Gasteiger partial charge in [0, 0.05) is 31.2 Å². The molecule has 2 unspecified atom stereocenters. The summed E-state index contributed by atoms with van der Waals surface area (Å²) < 4.78 is 38.9. The average Bonchev–Trinajstić information content (AvgIpc) is 2.33. The van der Waals surface area contributed by atoms with Crippen LogP contribution in [-0.4, -0.2) is 42.3 Å². The maximum atomic E-state index is 13.0. The Labute approximate surface area is 121 Å². The molecule has 1 aliphatic carbocycles. The number of nitrogens with one attached hydrogen (secondary N) is 1. The first-order valence-corrected chi connectivity index (χ1v) is 7.79. The Morgan fingerprint density at radius 1 is 1.05 bits per heavy atom. The van der Waals surface area contributed by atoms with E-state index < -0.39 is 18.1 Å². The molecule has 0 aromatic heterocycles. The monoisotopic (exact) mass is 294 g/mol. The minimum atomic E-state index is -4.06. The van der Waals surface area contributed by atoms with Gasteiger partial charge in [0.25, 0.3) is 0 Å². The molecule has 0 aliphatic heterocycles. The third-order valence-corrected chi connectivity index (χ3v) is 4.29. The van der Waals surface area contributed by atoms with Crippen LogP contribution in [0.4, 0.5) is 13.2 Å². The summed E-state index contributed by atoms with van der Waals surface area (Å²) in [6.45, 7) is 9.93. The van der Waals surface area contributed by atoms with E-state index in [0.29, 0.717) is 31.5 Å². The number of nitrogens with zero attached hydrogens (tertiary/aromatic N) is 1. The third kappa shape index (κ3) is 5.24. The summed E-state index contributed by atoms with van der Waals surface area (Å²) in [5, 5.41) is 3.16. The molecule has 1 rings (SSSR count). The van der Waals surface area contributed by atoms with Crippen LogP contribution in [0.3, 0.4) is 0 Å². The Balaban J connectivity index is 2.46. The van der Waals surface area contributed by atoms with Crippen LogP contribution in [0, 0.1) is 5.92 Å². The van der Waals surface area contributed by atoms with Gasteiger partial charge >= 0.3 is 6.18 Å². The summed E-state index contributed by atoms with van der Waals surface area (Å²) >= 11 is 0. The molecule has 0 saturated heterocycles. The lowest BCUT2D eigenvalue weighted by Crippen LogP contribution is -2.49. The second kappa shape index (κ2) is 7.64. The van der Waals surface area contributed by atoms with E-state index >= 15 is 0 Å². The Bertz CT molecular complexity index is 269. The topological polar surface area (TPSA) is 15.3 Å². The second-order valence-corrected chi connectivity index (χ2v) is 6.42. The third-order valence-electron chi connectivity index (χ3n) is 4.29. The van der Waals surface area contributed by atoms with Crippen LogP contribution in [0.25, 0.3) is 0 Å². The standard InChI is InChI=1S/C15H29F3N2/c1-11(2)20(12(3)4)10-9-19-14-8-6-5-7-13(14)15(16,17)18/h11-14,19H,5-10H2,1-4H3. The quantitative estimate of drug-likeness (QED) is 0.801. The number of halogens is 3. The number of rotatable bonds is 6. The molecule has 2 nitrogen and oxygen atoms in total. The summed E-state index contributed by atoms with van der Waals surface area (Å²) in [6, 6.07) is 0.438. The Hall–Kier alpha value is -0.290. The summed E-state index contributed by atoms with van der Waals surface area (Å²) in [7, 11) is 0. The van der Waals surface area contributed by atoms with E-state index in [1.165, 1.54) is 0 Å². The first-order valence-electron chi connectivity index (χ1n) is 7.79. The van der Waals surface area contributed by atoms with Crippen molar-refractivity contribution in [2.24, 2.45) is 5.92 Å². The lowest BCUT2D eigenvalue weighted by Gasteiger charge is -2.35. The Morgan fingerprint density at radius 2 is 1.60 bits per heavy atom. The van der Waals surface area contributed by atoms with Crippen LogP contribution in [0.2, 0.25) is 0 Å². The van der Waals surface area contributed by atoms with Crippen molar-refractivity contribution in [1.29, 1.82) is 0 Å². The molecule has 0 spiro atoms. The van der Waals surface area contributed by atoms with Crippen LogP contribution in [0.5, 0.6) is 0 Å². The van der Waals surface area contributed by atoms with Crippen molar-refractivity contribution in [2.45, 2.75) is 77.7 Å². The van der Waals surface area contributed by atoms with E-state index in [4.69, 9.17) is 0 Å². The molecule has 1 aliphatic rings. The van der Waals surface area contributed by atoms with Crippen LogP contribution < -0.4 is 5.32 Å². The minimum Gasteiger partial charge on any atom is -0.312 e. The average molecular weight is 294 g/mol. The summed E-state index contributed by atoms with van der Waals surface area (Å²) in [5.41, 5.74) is 0. The number of alkyl halides is 3. The fourth-order valence-corrected chi connectivity index (χ4v) is 3.26. The van der Waals surface area contributed by atoms with Gasteiger partial charge in [-0.3, -0.25) is 4.90 Å². The predicted octanol–water partition coefficient (Wildman–Crippen LogP) is 3.82. The van der Waals surface area contributed by atoms with Crippen molar-refractivity contribution in [3.63, 3.8) is 0 Å². The summed E-state index contributed by atoms with van der Waals surface area (Å²) in [5.74, 6) is -1.16. The second-order valence-electron chi connectivity index (χ2n) is 6.42. The number of hydrogen-bond acceptors (Lipinski definition) is 2. The molecular weight excluding hydrogens is 265 g/mol. The van der Waals surface area contributed by atoms with Gasteiger partial charge in [-0.05, 0) is 40.5 Å². The molecule has 1 N–H and O–H groups in total. The minimum absolute atomic E-state index is 0.277. The maximum Gasteiger partial charge on any atom is 0.393 e. The van der Waals surface area contributed by atoms with Crippen molar-refractivity contribution < 1.29 is 13.2 Å². The molecule has 1 saturated carbocycles. The fourth-order valence-electron chi connectivity index (χ4n) is 3.26. The first-order chi connectivity index (χ1) is 9.23. The lowest BCUT2D eigenvalue weighted by atomic mass is 9.84. The Kier molecular flexibility index (Phi) is 6.79. The predicted molar refractivity (Wildman–Crippen MR) is 76.8 cm³/mol. The van der Waals surface area contributed by atoms with Gasteiger partial charge in [0.05, 0.1) is 5.92 Å². The zero-order valence-corrected chi connectivity index (χ0v) is 13.1. The summed E-state index contributed by atoms with van der Waals surface area (Å²) in [4.78, 5) is 2.30. The highest BCUT2D eigenvalue weighted by Crippen LogP contribution is 2.37. The van der Waals surface area contributed by atoms with Crippen LogP contribution in [-0.2, 0) is 0 Å². The molecule has 1 fully saturated rings. The van der Waals surface area contributed by atoms with E-state index in [-0.39, 0.29) is 6.42 Å². The van der Waals surface area contributed by atoms with E-state index in [1.807, 2.05) is 0 Å². The van der Waals surface area contributed by atoms with Gasteiger partial charge in [0.1, 0.15) is 0 Å². The van der Waals surface area contributed by atoms with Gasteiger partial charge in [0.15, 0.2) is 0 Å². The van der Waals surface area contributed by atoms with Crippen molar-refractivity contribution in [3.05, 3.63) is 0 Å². The fraction of sp³-hybridized carbons (Fsp3) is 1.00. The zero-order chi connectivity index (χ0) is 15.3. The van der Waals surface area contributed by atoms with E-state index in [9.17, 15) is 13.2 Å². The van der Waals surface area contributed by atoms with Crippen molar-refractivity contribution in [2.75, 3.05) is 13.1 Å². The largest absolute Gasteiger partial charge is 0.393 e. The molecule has 0 bridgehead atoms. The molecule has 0 aromatic rings. The van der Waals surface area contributed by atoms with Gasteiger partial charge in [-0.25, -0.2) is 0 Å². The zero-order valence-electron chi connectivity index (χ0n) is 13.1. The van der Waals surface area contributed by atoms with Gasteiger partial charge in [-0.1, -0.05) is 12.8 Å². The Morgan fingerprint density at radius 3 is 2.10 bits per heavy atom. The molecule has 20 heavy (non-hydrogen) atoms. The molecule has 5 heteroatoms. The van der Waals surface area contributed by atoms with Crippen molar-refractivity contribution in [3.8, 4) is 0 Å². The normalized spacial score (nSPS) is 24.9. The maximum absolute atomic E-state index is 13.0. The molecule has 0 radical (unpaired) electrons. The smallest absolute Gasteiger partial charge is 0.312 e. The molecule has 120 valence electrons. The molecule has 0 aromatic carbocycles. The van der Waals surface area contributed by atoms with Crippen LogP contribution in [0.1, 0.15) is 53.4 Å². The van der Waals surface area contributed by atoms with Crippen molar-refractivity contribution in [1.82, 2.24) is 10.2 Å². The highest BCUT2D eigenvalue weighted by molar-refractivity contribution is 4.86. The number of hydrogen-bond donors (Lipinski definition) is 1. The van der Waals surface area contributed by atoms with Crippen molar-refractivity contribution >= 4 is 0 Å². The van der Waals surface area contributed by atoms with E-state index in [0.717, 1.165) is 13.0 Å². The van der Waals surface area contributed by atoms with Gasteiger partial charge in [0.2, 0.25) is 0 Å². The molecule has 0 amide bonds. The molecular formula is C15H29F3N2.